The number of carbonyl (C=O) groups is 1. The molecule has 0 saturated heterocycles. The highest BCUT2D eigenvalue weighted by molar-refractivity contribution is 8.13. The third kappa shape index (κ3) is 8.47. The summed E-state index contributed by atoms with van der Waals surface area (Å²) < 4.78 is 0. The highest BCUT2D eigenvalue weighted by Gasteiger charge is 2.00. The van der Waals surface area contributed by atoms with Crippen molar-refractivity contribution in [2.75, 3.05) is 17.3 Å². The van der Waals surface area contributed by atoms with Crippen molar-refractivity contribution in [1.82, 2.24) is 0 Å². The Kier molecular flexibility index (Phi) is 9.75. The third-order valence-electron chi connectivity index (χ3n) is 1.27. The van der Waals surface area contributed by atoms with Crippen LogP contribution >= 0.6 is 23.5 Å². The van der Waals surface area contributed by atoms with Crippen LogP contribution in [0.4, 0.5) is 0 Å². The molecule has 0 aliphatic heterocycles. The molecule has 0 fully saturated rings. The number of thioether (sulfide) groups is 2. The van der Waals surface area contributed by atoms with E-state index in [1.807, 2.05) is 11.8 Å². The monoisotopic (exact) mass is 206 g/mol. The lowest BCUT2D eigenvalue weighted by molar-refractivity contribution is -0.110. The van der Waals surface area contributed by atoms with Gasteiger partial charge in [-0.05, 0) is 18.6 Å². The summed E-state index contributed by atoms with van der Waals surface area (Å²) >= 11 is 3.36. The molecular formula is C9H18OS2. The van der Waals surface area contributed by atoms with Gasteiger partial charge in [-0.1, -0.05) is 25.6 Å². The summed E-state index contributed by atoms with van der Waals surface area (Å²) in [5, 5.41) is 0.362. The van der Waals surface area contributed by atoms with Gasteiger partial charge in [0, 0.05) is 17.9 Å². The second-order valence-electron chi connectivity index (χ2n) is 2.58. The Labute approximate surface area is 84.1 Å². The van der Waals surface area contributed by atoms with Crippen LogP contribution < -0.4 is 0 Å². The lowest BCUT2D eigenvalue weighted by Crippen LogP contribution is -1.95. The van der Waals surface area contributed by atoms with E-state index in [0.29, 0.717) is 5.12 Å². The van der Waals surface area contributed by atoms with Crippen molar-refractivity contribution >= 4 is 28.6 Å². The molecule has 0 bridgehead atoms. The van der Waals surface area contributed by atoms with Crippen molar-refractivity contribution in [3.8, 4) is 0 Å². The molecule has 0 aromatic heterocycles. The van der Waals surface area contributed by atoms with Crippen molar-refractivity contribution in [1.29, 1.82) is 0 Å². The lowest BCUT2D eigenvalue weighted by atomic mass is 10.5. The first kappa shape index (κ1) is 12.4. The van der Waals surface area contributed by atoms with E-state index in [4.69, 9.17) is 0 Å². The van der Waals surface area contributed by atoms with Crippen LogP contribution in [0.3, 0.4) is 0 Å². The summed E-state index contributed by atoms with van der Waals surface area (Å²) in [5.41, 5.74) is 0. The third-order valence-corrected chi connectivity index (χ3v) is 3.59. The Hall–Kier alpha value is 0.370. The van der Waals surface area contributed by atoms with Gasteiger partial charge >= 0.3 is 0 Å². The second kappa shape index (κ2) is 9.46. The van der Waals surface area contributed by atoms with Gasteiger partial charge < -0.3 is 0 Å². The van der Waals surface area contributed by atoms with E-state index >= 15 is 0 Å². The standard InChI is InChI=1S/C9H18OS2/c1-3-6-11-8-5-9(10)12-7-4-2/h3-8H2,1-2H3. The normalized spacial score (nSPS) is 10.2. The minimum absolute atomic E-state index is 0.362. The molecule has 0 N–H and O–H groups in total. The minimum atomic E-state index is 0.362. The molecule has 0 atom stereocenters. The summed E-state index contributed by atoms with van der Waals surface area (Å²) in [6, 6.07) is 0. The first-order valence-corrected chi connectivity index (χ1v) is 6.68. The zero-order valence-corrected chi connectivity index (χ0v) is 9.60. The van der Waals surface area contributed by atoms with Gasteiger partial charge in [0.15, 0.2) is 5.12 Å². The van der Waals surface area contributed by atoms with Crippen LogP contribution in [0.5, 0.6) is 0 Å². The van der Waals surface area contributed by atoms with Crippen molar-refractivity contribution in [3.05, 3.63) is 0 Å². The Bertz CT molecular complexity index is 115. The average molecular weight is 206 g/mol. The highest BCUT2D eigenvalue weighted by atomic mass is 32.2. The van der Waals surface area contributed by atoms with E-state index in [0.717, 1.165) is 24.3 Å². The summed E-state index contributed by atoms with van der Waals surface area (Å²) in [5.74, 6) is 3.17. The zero-order valence-electron chi connectivity index (χ0n) is 7.97. The molecular weight excluding hydrogens is 188 g/mol. The molecule has 0 amide bonds. The van der Waals surface area contributed by atoms with Crippen LogP contribution in [0.1, 0.15) is 33.1 Å². The quantitative estimate of drug-likeness (QED) is 0.596. The van der Waals surface area contributed by atoms with Crippen molar-refractivity contribution in [2.45, 2.75) is 33.1 Å². The molecule has 0 heterocycles. The first-order chi connectivity index (χ1) is 5.81. The molecule has 0 aromatic carbocycles. The van der Waals surface area contributed by atoms with Crippen molar-refractivity contribution in [2.24, 2.45) is 0 Å². The Morgan fingerprint density at radius 3 is 2.33 bits per heavy atom. The van der Waals surface area contributed by atoms with E-state index in [2.05, 4.69) is 13.8 Å². The average Bonchev–Trinajstić information content (AvgIpc) is 2.09. The maximum Gasteiger partial charge on any atom is 0.189 e. The fourth-order valence-electron chi connectivity index (χ4n) is 0.690. The molecule has 0 unspecified atom stereocenters. The van der Waals surface area contributed by atoms with E-state index in [1.165, 1.54) is 23.9 Å². The molecule has 0 saturated carbocycles. The van der Waals surface area contributed by atoms with Crippen LogP contribution in [-0.4, -0.2) is 22.4 Å². The van der Waals surface area contributed by atoms with Gasteiger partial charge in [0.2, 0.25) is 0 Å². The predicted molar refractivity (Wildman–Crippen MR) is 60.0 cm³/mol. The van der Waals surface area contributed by atoms with Crippen molar-refractivity contribution < 1.29 is 4.79 Å². The van der Waals surface area contributed by atoms with Crippen LogP contribution in [0.25, 0.3) is 0 Å². The van der Waals surface area contributed by atoms with Crippen LogP contribution in [-0.2, 0) is 4.79 Å². The van der Waals surface area contributed by atoms with E-state index in [-0.39, 0.29) is 0 Å². The maximum absolute atomic E-state index is 11.1. The predicted octanol–water partition coefficient (Wildman–Crippen LogP) is 3.19. The molecule has 12 heavy (non-hydrogen) atoms. The van der Waals surface area contributed by atoms with Crippen molar-refractivity contribution in [3.63, 3.8) is 0 Å². The van der Waals surface area contributed by atoms with Gasteiger partial charge in [-0.2, -0.15) is 11.8 Å². The van der Waals surface area contributed by atoms with Gasteiger partial charge in [-0.15, -0.1) is 0 Å². The molecule has 0 aliphatic carbocycles. The van der Waals surface area contributed by atoms with Gasteiger partial charge in [0.05, 0.1) is 0 Å². The maximum atomic E-state index is 11.1. The molecule has 0 rings (SSSR count). The minimum Gasteiger partial charge on any atom is -0.287 e. The summed E-state index contributed by atoms with van der Waals surface area (Å²) in [6.45, 7) is 4.27. The molecule has 1 nitrogen and oxygen atoms in total. The molecule has 72 valence electrons. The number of hydrogen-bond acceptors (Lipinski definition) is 3. The Balaban J connectivity index is 3.08. The van der Waals surface area contributed by atoms with Gasteiger partial charge in [0.25, 0.3) is 0 Å². The van der Waals surface area contributed by atoms with Gasteiger partial charge in [-0.25, -0.2) is 0 Å². The topological polar surface area (TPSA) is 17.1 Å². The Morgan fingerprint density at radius 1 is 1.08 bits per heavy atom. The zero-order chi connectivity index (χ0) is 9.23. The highest BCUT2D eigenvalue weighted by Crippen LogP contribution is 2.11. The second-order valence-corrected chi connectivity index (χ2v) is 4.96. The van der Waals surface area contributed by atoms with Crippen LogP contribution in [0.15, 0.2) is 0 Å². The largest absolute Gasteiger partial charge is 0.287 e. The SMILES string of the molecule is CCCSCCC(=O)SCCC. The smallest absolute Gasteiger partial charge is 0.189 e. The molecule has 0 aromatic rings. The number of rotatable bonds is 7. The fourth-order valence-corrected chi connectivity index (χ4v) is 2.32. The molecule has 0 aliphatic rings. The van der Waals surface area contributed by atoms with Gasteiger partial charge in [0.1, 0.15) is 0 Å². The summed E-state index contributed by atoms with van der Waals surface area (Å²) in [4.78, 5) is 11.1. The van der Waals surface area contributed by atoms with Gasteiger partial charge in [-0.3, -0.25) is 4.79 Å². The van der Waals surface area contributed by atoms with Crippen LogP contribution in [0.2, 0.25) is 0 Å². The number of carbonyl (C=O) groups excluding carboxylic acids is 1. The van der Waals surface area contributed by atoms with E-state index in [9.17, 15) is 4.79 Å². The first-order valence-electron chi connectivity index (χ1n) is 4.54. The molecule has 0 spiro atoms. The van der Waals surface area contributed by atoms with Crippen LogP contribution in [0, 0.1) is 0 Å². The molecule has 0 radical (unpaired) electrons. The van der Waals surface area contributed by atoms with E-state index in [1.54, 1.807) is 0 Å². The number of hydrogen-bond donors (Lipinski definition) is 0. The summed E-state index contributed by atoms with van der Waals surface area (Å²) in [6.07, 6.45) is 3.05. The summed E-state index contributed by atoms with van der Waals surface area (Å²) in [7, 11) is 0. The Morgan fingerprint density at radius 2 is 1.75 bits per heavy atom. The lowest BCUT2D eigenvalue weighted by Gasteiger charge is -1.98. The molecule has 3 heteroatoms. The van der Waals surface area contributed by atoms with E-state index < -0.39 is 0 Å². The fraction of sp³-hybridized carbons (Fsp3) is 0.889.